The third-order valence-electron chi connectivity index (χ3n) is 1.74. The standard InChI is InChI=1S/C10H11NO5/c1-3-15-10(13)8(11-14)9(12)7-4-6(2)5-16-7/h4-5,14H,3H2,1-2H3/b11-8-. The van der Waals surface area contributed by atoms with Crippen molar-refractivity contribution in [1.29, 1.82) is 0 Å². The van der Waals surface area contributed by atoms with Crippen LogP contribution in [-0.2, 0) is 9.53 Å². The van der Waals surface area contributed by atoms with Crippen molar-refractivity contribution in [1.82, 2.24) is 0 Å². The predicted octanol–water partition coefficient (Wildman–Crippen LogP) is 1.16. The quantitative estimate of drug-likeness (QED) is 0.207. The van der Waals surface area contributed by atoms with Crippen LogP contribution in [0, 0.1) is 6.92 Å². The number of carbonyl (C=O) groups excluding carboxylic acids is 2. The Morgan fingerprint density at radius 2 is 2.25 bits per heavy atom. The first-order valence-corrected chi connectivity index (χ1v) is 4.59. The van der Waals surface area contributed by atoms with Crippen molar-refractivity contribution in [2.45, 2.75) is 13.8 Å². The summed E-state index contributed by atoms with van der Waals surface area (Å²) < 4.78 is 9.44. The van der Waals surface area contributed by atoms with E-state index in [2.05, 4.69) is 9.89 Å². The molecule has 0 saturated carbocycles. The summed E-state index contributed by atoms with van der Waals surface area (Å²) in [6, 6.07) is 1.44. The largest absolute Gasteiger partial charge is 0.461 e. The van der Waals surface area contributed by atoms with Gasteiger partial charge in [-0.05, 0) is 25.5 Å². The van der Waals surface area contributed by atoms with E-state index in [1.165, 1.54) is 12.3 Å². The number of rotatable bonds is 4. The SMILES string of the molecule is CCOC(=O)/C(=N\O)C(=O)c1cc(C)co1. The van der Waals surface area contributed by atoms with Gasteiger partial charge in [0.15, 0.2) is 5.76 Å². The molecule has 0 aliphatic carbocycles. The Morgan fingerprint density at radius 1 is 1.56 bits per heavy atom. The predicted molar refractivity (Wildman–Crippen MR) is 53.6 cm³/mol. The van der Waals surface area contributed by atoms with Crippen LogP contribution in [0.1, 0.15) is 23.0 Å². The minimum atomic E-state index is -0.982. The minimum absolute atomic E-state index is 0.0710. The molecule has 6 nitrogen and oxygen atoms in total. The van der Waals surface area contributed by atoms with Gasteiger partial charge in [-0.25, -0.2) is 4.79 Å². The highest BCUT2D eigenvalue weighted by molar-refractivity contribution is 6.67. The van der Waals surface area contributed by atoms with Crippen LogP contribution in [0.15, 0.2) is 21.9 Å². The van der Waals surface area contributed by atoms with Gasteiger partial charge in [-0.15, -0.1) is 0 Å². The van der Waals surface area contributed by atoms with Crippen LogP contribution in [0.5, 0.6) is 0 Å². The number of furan rings is 1. The van der Waals surface area contributed by atoms with Crippen molar-refractivity contribution < 1.29 is 24.0 Å². The van der Waals surface area contributed by atoms with Crippen LogP contribution < -0.4 is 0 Å². The topological polar surface area (TPSA) is 89.1 Å². The molecule has 0 fully saturated rings. The van der Waals surface area contributed by atoms with Crippen molar-refractivity contribution in [3.63, 3.8) is 0 Å². The number of ketones is 1. The fraction of sp³-hybridized carbons (Fsp3) is 0.300. The molecule has 16 heavy (non-hydrogen) atoms. The van der Waals surface area contributed by atoms with Crippen molar-refractivity contribution in [3.05, 3.63) is 23.7 Å². The number of Topliss-reactive ketones (excluding diaryl/α,β-unsaturated/α-hetero) is 1. The number of nitrogens with zero attached hydrogens (tertiary/aromatic N) is 1. The van der Waals surface area contributed by atoms with E-state index in [-0.39, 0.29) is 12.4 Å². The maximum absolute atomic E-state index is 11.6. The molecule has 1 aromatic heterocycles. The van der Waals surface area contributed by atoms with Crippen molar-refractivity contribution in [3.8, 4) is 0 Å². The average Bonchev–Trinajstić information content (AvgIpc) is 2.66. The summed E-state index contributed by atoms with van der Waals surface area (Å²) >= 11 is 0. The lowest BCUT2D eigenvalue weighted by Gasteiger charge is -2.00. The Bertz CT molecular complexity index is 432. The molecule has 0 atom stereocenters. The summed E-state index contributed by atoms with van der Waals surface area (Å²) in [5.41, 5.74) is 0.0284. The summed E-state index contributed by atoms with van der Waals surface area (Å²) in [6.45, 7) is 3.39. The Morgan fingerprint density at radius 3 is 2.69 bits per heavy atom. The first kappa shape index (κ1) is 12.0. The average molecular weight is 225 g/mol. The second-order valence-electron chi connectivity index (χ2n) is 2.99. The zero-order valence-corrected chi connectivity index (χ0v) is 8.89. The van der Waals surface area contributed by atoms with Crippen molar-refractivity contribution >= 4 is 17.5 Å². The van der Waals surface area contributed by atoms with Gasteiger partial charge in [-0.2, -0.15) is 0 Å². The van der Waals surface area contributed by atoms with Gasteiger partial charge in [0.2, 0.25) is 5.71 Å². The lowest BCUT2D eigenvalue weighted by Crippen LogP contribution is -2.26. The maximum Gasteiger partial charge on any atom is 0.364 e. The smallest absolute Gasteiger partial charge is 0.364 e. The number of ether oxygens (including phenoxy) is 1. The number of hydrogen-bond acceptors (Lipinski definition) is 6. The molecule has 6 heteroatoms. The van der Waals surface area contributed by atoms with E-state index in [1.807, 2.05) is 0 Å². The van der Waals surface area contributed by atoms with Gasteiger partial charge in [0.05, 0.1) is 12.9 Å². The lowest BCUT2D eigenvalue weighted by molar-refractivity contribution is -0.135. The molecule has 0 radical (unpaired) electrons. The van der Waals surface area contributed by atoms with Crippen LogP contribution >= 0.6 is 0 Å². The molecule has 0 aromatic carbocycles. The van der Waals surface area contributed by atoms with E-state index in [0.717, 1.165) is 5.56 Å². The Hall–Kier alpha value is -2.11. The van der Waals surface area contributed by atoms with Crippen LogP contribution in [0.25, 0.3) is 0 Å². The molecule has 0 unspecified atom stereocenters. The van der Waals surface area contributed by atoms with Gasteiger partial charge in [0.1, 0.15) is 0 Å². The summed E-state index contributed by atoms with van der Waals surface area (Å²) in [6.07, 6.45) is 1.35. The zero-order valence-electron chi connectivity index (χ0n) is 8.89. The number of oxime groups is 1. The van der Waals surface area contributed by atoms with Crippen LogP contribution in [-0.4, -0.2) is 29.3 Å². The highest BCUT2D eigenvalue weighted by atomic mass is 16.5. The molecule has 1 rings (SSSR count). The zero-order chi connectivity index (χ0) is 12.1. The fourth-order valence-electron chi connectivity index (χ4n) is 1.05. The summed E-state index contributed by atoms with van der Waals surface area (Å²) in [7, 11) is 0. The minimum Gasteiger partial charge on any atom is -0.461 e. The lowest BCUT2D eigenvalue weighted by atomic mass is 10.2. The van der Waals surface area contributed by atoms with E-state index in [0.29, 0.717) is 0 Å². The van der Waals surface area contributed by atoms with E-state index in [9.17, 15) is 9.59 Å². The van der Waals surface area contributed by atoms with Gasteiger partial charge in [0, 0.05) is 0 Å². The number of hydrogen-bond donors (Lipinski definition) is 1. The molecule has 1 N–H and O–H groups in total. The fourth-order valence-corrected chi connectivity index (χ4v) is 1.05. The van der Waals surface area contributed by atoms with Crippen molar-refractivity contribution in [2.75, 3.05) is 6.61 Å². The second-order valence-corrected chi connectivity index (χ2v) is 2.99. The van der Waals surface area contributed by atoms with Gasteiger partial charge >= 0.3 is 5.97 Å². The van der Waals surface area contributed by atoms with Crippen molar-refractivity contribution in [2.24, 2.45) is 5.16 Å². The van der Waals surface area contributed by atoms with E-state index in [1.54, 1.807) is 13.8 Å². The third kappa shape index (κ3) is 2.47. The summed E-state index contributed by atoms with van der Waals surface area (Å²) in [4.78, 5) is 22.8. The molecule has 0 spiro atoms. The van der Waals surface area contributed by atoms with Gasteiger partial charge in [-0.1, -0.05) is 5.16 Å². The van der Waals surface area contributed by atoms with Crippen LogP contribution in [0.4, 0.5) is 0 Å². The monoisotopic (exact) mass is 225 g/mol. The molecule has 0 aliphatic heterocycles. The highest BCUT2D eigenvalue weighted by Gasteiger charge is 2.26. The number of aryl methyl sites for hydroxylation is 1. The van der Waals surface area contributed by atoms with Gasteiger partial charge < -0.3 is 14.4 Å². The third-order valence-corrected chi connectivity index (χ3v) is 1.74. The highest BCUT2D eigenvalue weighted by Crippen LogP contribution is 2.08. The summed E-state index contributed by atoms with van der Waals surface area (Å²) in [5.74, 6) is -1.86. The van der Waals surface area contributed by atoms with Gasteiger partial charge in [-0.3, -0.25) is 4.79 Å². The van der Waals surface area contributed by atoms with Crippen LogP contribution in [0.3, 0.4) is 0 Å². The van der Waals surface area contributed by atoms with E-state index < -0.39 is 17.5 Å². The van der Waals surface area contributed by atoms with E-state index >= 15 is 0 Å². The second kappa shape index (κ2) is 5.11. The molecule has 86 valence electrons. The number of carbonyl (C=O) groups is 2. The Balaban J connectivity index is 2.91. The molecular formula is C10H11NO5. The maximum atomic E-state index is 11.6. The Labute approximate surface area is 91.5 Å². The molecule has 0 bridgehead atoms. The first-order chi connectivity index (χ1) is 7.60. The summed E-state index contributed by atoms with van der Waals surface area (Å²) in [5, 5.41) is 11.2. The molecular weight excluding hydrogens is 214 g/mol. The molecule has 1 heterocycles. The Kier molecular flexibility index (Phi) is 3.82. The van der Waals surface area contributed by atoms with Gasteiger partial charge in [0.25, 0.3) is 5.78 Å². The number of esters is 1. The van der Waals surface area contributed by atoms with Crippen LogP contribution in [0.2, 0.25) is 0 Å². The van der Waals surface area contributed by atoms with E-state index in [4.69, 9.17) is 9.62 Å². The molecule has 0 saturated heterocycles. The molecule has 0 aliphatic rings. The normalized spacial score (nSPS) is 11.2. The molecule has 0 amide bonds. The molecule has 1 aromatic rings. The first-order valence-electron chi connectivity index (χ1n) is 4.59.